The van der Waals surface area contributed by atoms with Gasteiger partial charge in [-0.2, -0.15) is 0 Å². The highest BCUT2D eigenvalue weighted by atomic mass is 16.1. The van der Waals surface area contributed by atoms with E-state index in [0.717, 1.165) is 38.9 Å². The lowest BCUT2D eigenvalue weighted by Crippen LogP contribution is -2.37. The number of hydrogen-bond acceptors (Lipinski definition) is 1. The van der Waals surface area contributed by atoms with E-state index in [1.807, 2.05) is 54.6 Å². The summed E-state index contributed by atoms with van der Waals surface area (Å²) >= 11 is 0. The second kappa shape index (κ2) is 6.31. The molecule has 1 aliphatic carbocycles. The molecule has 1 aliphatic rings. The van der Waals surface area contributed by atoms with Crippen LogP contribution >= 0.6 is 0 Å². The van der Waals surface area contributed by atoms with Gasteiger partial charge in [-0.05, 0) is 40.3 Å². The molecule has 0 aliphatic heterocycles. The summed E-state index contributed by atoms with van der Waals surface area (Å²) < 4.78 is 0. The predicted octanol–water partition coefficient (Wildman–Crippen LogP) is 6.19. The van der Waals surface area contributed by atoms with E-state index in [1.165, 1.54) is 0 Å². The Morgan fingerprint density at radius 1 is 0.571 bits per heavy atom. The molecule has 0 aromatic heterocycles. The minimum Gasteiger partial charge on any atom is -0.292 e. The second-order valence-electron chi connectivity index (χ2n) is 7.35. The SMILES string of the molecule is Cc1ccccc1C1(C(=O)c2ccccc2)c2ccccc2-c2ccccc21. The fourth-order valence-corrected chi connectivity index (χ4v) is 4.69. The molecule has 0 spiro atoms. The molecule has 0 atom stereocenters. The molecule has 0 fully saturated rings. The third-order valence-electron chi connectivity index (χ3n) is 5.88. The smallest absolute Gasteiger partial charge is 0.182 e. The summed E-state index contributed by atoms with van der Waals surface area (Å²) in [5, 5.41) is 0. The van der Waals surface area contributed by atoms with Gasteiger partial charge in [0.25, 0.3) is 0 Å². The molecule has 5 rings (SSSR count). The number of benzene rings is 4. The van der Waals surface area contributed by atoms with Gasteiger partial charge in [-0.1, -0.05) is 103 Å². The Labute approximate surface area is 165 Å². The Morgan fingerprint density at radius 3 is 1.61 bits per heavy atom. The maximum Gasteiger partial charge on any atom is 0.182 e. The standard InChI is InChI=1S/C27H20O/c1-19-11-5-8-16-23(19)27(26(28)20-12-3-2-4-13-20)24-17-9-6-14-21(24)22-15-7-10-18-25(22)27/h2-18H,1H3. The highest BCUT2D eigenvalue weighted by Gasteiger charge is 2.50. The first kappa shape index (κ1) is 16.7. The Balaban J connectivity index is 1.94. The van der Waals surface area contributed by atoms with Crippen LogP contribution in [0.15, 0.2) is 103 Å². The monoisotopic (exact) mass is 360 g/mol. The van der Waals surface area contributed by atoms with Gasteiger partial charge in [0.1, 0.15) is 5.41 Å². The number of ketones is 1. The molecule has 0 heterocycles. The van der Waals surface area contributed by atoms with Crippen LogP contribution in [0, 0.1) is 6.92 Å². The molecule has 0 amide bonds. The summed E-state index contributed by atoms with van der Waals surface area (Å²) in [7, 11) is 0. The van der Waals surface area contributed by atoms with E-state index in [9.17, 15) is 4.79 Å². The Bertz CT molecular complexity index is 1140. The van der Waals surface area contributed by atoms with E-state index in [2.05, 4.69) is 55.5 Å². The number of carbonyl (C=O) groups excluding carboxylic acids is 1. The summed E-state index contributed by atoms with van der Waals surface area (Å²) in [4.78, 5) is 14.2. The number of aryl methyl sites for hydroxylation is 1. The molecule has 0 saturated carbocycles. The van der Waals surface area contributed by atoms with Crippen molar-refractivity contribution in [3.05, 3.63) is 131 Å². The minimum absolute atomic E-state index is 0.125. The van der Waals surface area contributed by atoms with Crippen molar-refractivity contribution >= 4 is 5.78 Å². The largest absolute Gasteiger partial charge is 0.292 e. The second-order valence-corrected chi connectivity index (χ2v) is 7.35. The van der Waals surface area contributed by atoms with Crippen molar-refractivity contribution in [2.24, 2.45) is 0 Å². The van der Waals surface area contributed by atoms with Crippen molar-refractivity contribution < 1.29 is 4.79 Å². The van der Waals surface area contributed by atoms with Crippen molar-refractivity contribution in [3.8, 4) is 11.1 Å². The Morgan fingerprint density at radius 2 is 1.04 bits per heavy atom. The first-order chi connectivity index (χ1) is 13.7. The Kier molecular flexibility index (Phi) is 3.77. The molecule has 0 unspecified atom stereocenters. The zero-order valence-corrected chi connectivity index (χ0v) is 15.7. The van der Waals surface area contributed by atoms with Gasteiger partial charge in [0.15, 0.2) is 5.78 Å². The molecule has 4 aromatic carbocycles. The Hall–Kier alpha value is -3.45. The number of fused-ring (bicyclic) bond motifs is 3. The van der Waals surface area contributed by atoms with Gasteiger partial charge in [0.2, 0.25) is 0 Å². The maximum atomic E-state index is 14.2. The molecule has 0 saturated heterocycles. The van der Waals surface area contributed by atoms with E-state index < -0.39 is 5.41 Å². The van der Waals surface area contributed by atoms with E-state index >= 15 is 0 Å². The average Bonchev–Trinajstić information content (AvgIpc) is 3.06. The maximum absolute atomic E-state index is 14.2. The number of hydrogen-bond donors (Lipinski definition) is 0. The summed E-state index contributed by atoms with van der Waals surface area (Å²) in [5.74, 6) is 0.125. The molecular formula is C27H20O. The summed E-state index contributed by atoms with van der Waals surface area (Å²) in [5.41, 5.74) is 6.51. The lowest BCUT2D eigenvalue weighted by molar-refractivity contribution is 0.0937. The van der Waals surface area contributed by atoms with Gasteiger partial charge < -0.3 is 0 Å². The fourth-order valence-electron chi connectivity index (χ4n) is 4.69. The summed E-state index contributed by atoms with van der Waals surface area (Å²) in [6.45, 7) is 2.10. The van der Waals surface area contributed by atoms with Gasteiger partial charge in [0.05, 0.1) is 0 Å². The van der Waals surface area contributed by atoms with Crippen LogP contribution in [0.1, 0.15) is 32.6 Å². The van der Waals surface area contributed by atoms with Gasteiger partial charge in [-0.25, -0.2) is 0 Å². The lowest BCUT2D eigenvalue weighted by atomic mass is 9.66. The van der Waals surface area contributed by atoms with Gasteiger partial charge in [0, 0.05) is 5.56 Å². The normalized spacial score (nSPS) is 13.6. The average molecular weight is 360 g/mol. The van der Waals surface area contributed by atoms with Crippen LogP contribution < -0.4 is 0 Å². The van der Waals surface area contributed by atoms with Crippen molar-refractivity contribution in [2.45, 2.75) is 12.3 Å². The van der Waals surface area contributed by atoms with E-state index in [-0.39, 0.29) is 5.78 Å². The zero-order chi connectivity index (χ0) is 19.1. The fraction of sp³-hybridized carbons (Fsp3) is 0.0741. The van der Waals surface area contributed by atoms with Crippen molar-refractivity contribution in [1.29, 1.82) is 0 Å². The van der Waals surface area contributed by atoms with Gasteiger partial charge in [-0.3, -0.25) is 4.79 Å². The van der Waals surface area contributed by atoms with E-state index in [0.29, 0.717) is 0 Å². The predicted molar refractivity (Wildman–Crippen MR) is 114 cm³/mol. The van der Waals surface area contributed by atoms with Gasteiger partial charge in [-0.15, -0.1) is 0 Å². The van der Waals surface area contributed by atoms with Crippen LogP contribution in [0.25, 0.3) is 11.1 Å². The molecule has 0 radical (unpaired) electrons. The van der Waals surface area contributed by atoms with Crippen LogP contribution in [0.3, 0.4) is 0 Å². The third-order valence-corrected chi connectivity index (χ3v) is 5.88. The molecule has 0 N–H and O–H groups in total. The molecule has 134 valence electrons. The quantitative estimate of drug-likeness (QED) is 0.398. The van der Waals surface area contributed by atoms with Crippen LogP contribution in [0.5, 0.6) is 0 Å². The van der Waals surface area contributed by atoms with E-state index in [4.69, 9.17) is 0 Å². The molecule has 0 bridgehead atoms. The zero-order valence-electron chi connectivity index (χ0n) is 15.7. The number of carbonyl (C=O) groups is 1. The first-order valence-electron chi connectivity index (χ1n) is 9.60. The molecule has 28 heavy (non-hydrogen) atoms. The topological polar surface area (TPSA) is 17.1 Å². The van der Waals surface area contributed by atoms with Crippen LogP contribution in [0.2, 0.25) is 0 Å². The molecule has 1 heteroatoms. The highest BCUT2D eigenvalue weighted by molar-refractivity contribution is 6.13. The highest BCUT2D eigenvalue weighted by Crippen LogP contribution is 2.54. The number of Topliss-reactive ketones (excluding diaryl/α,β-unsaturated/α-hetero) is 1. The van der Waals surface area contributed by atoms with E-state index in [1.54, 1.807) is 0 Å². The molecule has 4 aromatic rings. The third kappa shape index (κ3) is 2.16. The first-order valence-corrected chi connectivity index (χ1v) is 9.60. The van der Waals surface area contributed by atoms with Crippen LogP contribution in [0.4, 0.5) is 0 Å². The van der Waals surface area contributed by atoms with Crippen molar-refractivity contribution in [2.75, 3.05) is 0 Å². The van der Waals surface area contributed by atoms with Crippen LogP contribution in [-0.4, -0.2) is 5.78 Å². The van der Waals surface area contributed by atoms with Crippen LogP contribution in [-0.2, 0) is 5.41 Å². The lowest BCUT2D eigenvalue weighted by Gasteiger charge is -2.33. The summed E-state index contributed by atoms with van der Waals surface area (Å²) in [6.07, 6.45) is 0. The van der Waals surface area contributed by atoms with Gasteiger partial charge >= 0.3 is 0 Å². The minimum atomic E-state index is -0.833. The number of rotatable bonds is 3. The molecule has 1 nitrogen and oxygen atoms in total. The van der Waals surface area contributed by atoms with Crippen molar-refractivity contribution in [1.82, 2.24) is 0 Å². The summed E-state index contributed by atoms with van der Waals surface area (Å²) in [6, 6.07) is 34.6. The molecular weight excluding hydrogens is 340 g/mol. The van der Waals surface area contributed by atoms with Crippen molar-refractivity contribution in [3.63, 3.8) is 0 Å².